The van der Waals surface area contributed by atoms with Crippen molar-refractivity contribution < 1.29 is 9.53 Å². The predicted molar refractivity (Wildman–Crippen MR) is 72.1 cm³/mol. The zero-order valence-corrected chi connectivity index (χ0v) is 11.9. The number of hydrogen-bond acceptors (Lipinski definition) is 3. The van der Waals surface area contributed by atoms with Crippen molar-refractivity contribution in [3.63, 3.8) is 0 Å². The second-order valence-corrected chi connectivity index (χ2v) is 4.93. The van der Waals surface area contributed by atoms with Gasteiger partial charge in [0.05, 0.1) is 12.2 Å². The lowest BCUT2D eigenvalue weighted by Crippen LogP contribution is -2.04. The van der Waals surface area contributed by atoms with Gasteiger partial charge in [0.25, 0.3) is 0 Å². The number of hydrogen-bond donors (Lipinski definition) is 0. The third-order valence-electron chi connectivity index (χ3n) is 2.10. The van der Waals surface area contributed by atoms with E-state index in [0.29, 0.717) is 12.2 Å². The summed E-state index contributed by atoms with van der Waals surface area (Å²) >= 11 is 4.95. The topological polar surface area (TPSA) is 26.3 Å². The molecule has 1 rings (SSSR count). The van der Waals surface area contributed by atoms with Crippen molar-refractivity contribution in [3.05, 3.63) is 23.8 Å². The Bertz CT molecular complexity index is 366. The summed E-state index contributed by atoms with van der Waals surface area (Å²) in [5.41, 5.74) is 0.668. The Labute approximate surface area is 109 Å². The molecule has 0 saturated carbocycles. The predicted octanol–water partition coefficient (Wildman–Crippen LogP) is 3.77. The second kappa shape index (κ2) is 6.97. The molecule has 0 fully saturated rings. The van der Waals surface area contributed by atoms with Crippen molar-refractivity contribution in [2.45, 2.75) is 18.2 Å². The Morgan fingerprint density at radius 1 is 1.50 bits per heavy atom. The highest BCUT2D eigenvalue weighted by Crippen LogP contribution is 2.31. The van der Waals surface area contributed by atoms with E-state index in [4.69, 9.17) is 4.74 Å². The van der Waals surface area contributed by atoms with Gasteiger partial charge in [0.2, 0.25) is 0 Å². The molecule has 0 radical (unpaired) electrons. The van der Waals surface area contributed by atoms with E-state index in [0.717, 1.165) is 22.4 Å². The van der Waals surface area contributed by atoms with Crippen LogP contribution in [0.3, 0.4) is 0 Å². The van der Waals surface area contributed by atoms with Gasteiger partial charge in [-0.3, -0.25) is 4.79 Å². The summed E-state index contributed by atoms with van der Waals surface area (Å²) in [4.78, 5) is 12.5. The molecule has 0 aliphatic rings. The maximum atomic E-state index is 11.5. The first kappa shape index (κ1) is 13.6. The summed E-state index contributed by atoms with van der Waals surface area (Å²) in [6, 6.07) is 5.67. The van der Waals surface area contributed by atoms with Crippen molar-refractivity contribution >= 4 is 33.5 Å². The highest BCUT2D eigenvalue weighted by Gasteiger charge is 2.12. The van der Waals surface area contributed by atoms with Gasteiger partial charge in [-0.25, -0.2) is 0 Å². The van der Waals surface area contributed by atoms with E-state index in [1.807, 2.05) is 24.5 Å². The highest BCUT2D eigenvalue weighted by molar-refractivity contribution is 9.09. The first-order valence-electron chi connectivity index (χ1n) is 5.07. The van der Waals surface area contributed by atoms with E-state index in [2.05, 4.69) is 15.9 Å². The highest BCUT2D eigenvalue weighted by atomic mass is 79.9. The molecule has 0 N–H and O–H groups in total. The number of thioether (sulfide) groups is 1. The van der Waals surface area contributed by atoms with Crippen molar-refractivity contribution in [1.29, 1.82) is 0 Å². The van der Waals surface area contributed by atoms with Gasteiger partial charge in [0.15, 0.2) is 5.78 Å². The number of halogens is 1. The summed E-state index contributed by atoms with van der Waals surface area (Å²) in [5, 5.41) is 0.907. The Morgan fingerprint density at radius 3 is 2.81 bits per heavy atom. The number of rotatable bonds is 6. The van der Waals surface area contributed by atoms with E-state index >= 15 is 0 Å². The van der Waals surface area contributed by atoms with Crippen molar-refractivity contribution in [2.75, 3.05) is 18.2 Å². The number of Topliss-reactive ketones (excluding diaryl/α,β-unsaturated/α-hetero) is 1. The summed E-state index contributed by atoms with van der Waals surface area (Å²) in [6.07, 6.45) is 2.91. The minimum atomic E-state index is 0.0461. The van der Waals surface area contributed by atoms with Gasteiger partial charge < -0.3 is 4.74 Å². The maximum Gasteiger partial charge on any atom is 0.163 e. The molecular weight excluding hydrogens is 288 g/mol. The lowest BCUT2D eigenvalue weighted by molar-refractivity contribution is 0.101. The molecule has 0 unspecified atom stereocenters. The number of carbonyl (C=O) groups excluding carboxylic acids is 1. The summed E-state index contributed by atoms with van der Waals surface area (Å²) in [7, 11) is 0. The minimum absolute atomic E-state index is 0.0461. The molecule has 0 heterocycles. The van der Waals surface area contributed by atoms with Gasteiger partial charge in [-0.15, -0.1) is 11.8 Å². The van der Waals surface area contributed by atoms with Crippen molar-refractivity contribution in [1.82, 2.24) is 0 Å². The van der Waals surface area contributed by atoms with Crippen LogP contribution in [-0.2, 0) is 0 Å². The monoisotopic (exact) mass is 302 g/mol. The molecule has 0 atom stereocenters. The first-order valence-corrected chi connectivity index (χ1v) is 7.42. The van der Waals surface area contributed by atoms with Crippen LogP contribution in [0, 0.1) is 0 Å². The smallest absolute Gasteiger partial charge is 0.163 e. The molecule has 0 spiro atoms. The van der Waals surface area contributed by atoms with E-state index in [-0.39, 0.29) is 5.78 Å². The molecule has 0 saturated heterocycles. The molecule has 1 aromatic carbocycles. The zero-order chi connectivity index (χ0) is 12.0. The van der Waals surface area contributed by atoms with Crippen molar-refractivity contribution in [3.8, 4) is 5.75 Å². The molecule has 0 bridgehead atoms. The van der Waals surface area contributed by atoms with E-state index in [9.17, 15) is 4.79 Å². The summed E-state index contributed by atoms with van der Waals surface area (Å²) in [5.74, 6) is 0.771. The molecule has 0 aliphatic heterocycles. The molecule has 16 heavy (non-hydrogen) atoms. The number of ketones is 1. The molecule has 88 valence electrons. The standard InChI is InChI=1S/C12H15BrO2S/c1-9(14)10-5-3-6-11(16-2)12(10)15-8-4-7-13/h3,5-6H,4,7-8H2,1-2H3. The SMILES string of the molecule is CSc1cccc(C(C)=O)c1OCCCBr. The van der Waals surface area contributed by atoms with Crippen LogP contribution in [-0.4, -0.2) is 24.0 Å². The summed E-state index contributed by atoms with van der Waals surface area (Å²) in [6.45, 7) is 2.19. The quantitative estimate of drug-likeness (QED) is 0.346. The van der Waals surface area contributed by atoms with Gasteiger partial charge in [-0.1, -0.05) is 22.0 Å². The van der Waals surface area contributed by atoms with Crippen LogP contribution in [0.5, 0.6) is 5.75 Å². The first-order chi connectivity index (χ1) is 7.70. The van der Waals surface area contributed by atoms with Crippen LogP contribution in [0.1, 0.15) is 23.7 Å². The van der Waals surface area contributed by atoms with E-state index in [1.165, 1.54) is 0 Å². The van der Waals surface area contributed by atoms with Crippen LogP contribution < -0.4 is 4.74 Å². The average Bonchev–Trinajstić information content (AvgIpc) is 2.29. The van der Waals surface area contributed by atoms with Crippen LogP contribution in [0.4, 0.5) is 0 Å². The van der Waals surface area contributed by atoms with Gasteiger partial charge in [0.1, 0.15) is 5.75 Å². The zero-order valence-electron chi connectivity index (χ0n) is 9.46. The Hall–Kier alpha value is -0.480. The van der Waals surface area contributed by atoms with Crippen LogP contribution >= 0.6 is 27.7 Å². The van der Waals surface area contributed by atoms with Crippen molar-refractivity contribution in [2.24, 2.45) is 0 Å². The number of alkyl halides is 1. The Kier molecular flexibility index (Phi) is 5.91. The number of carbonyl (C=O) groups is 1. The average molecular weight is 303 g/mol. The van der Waals surface area contributed by atoms with E-state index in [1.54, 1.807) is 18.7 Å². The lowest BCUT2D eigenvalue weighted by atomic mass is 10.1. The number of benzene rings is 1. The largest absolute Gasteiger partial charge is 0.492 e. The Balaban J connectivity index is 2.95. The summed E-state index contributed by atoms with van der Waals surface area (Å²) < 4.78 is 5.69. The number of para-hydroxylation sites is 1. The maximum absolute atomic E-state index is 11.5. The lowest BCUT2D eigenvalue weighted by Gasteiger charge is -2.12. The van der Waals surface area contributed by atoms with Gasteiger partial charge in [-0.2, -0.15) is 0 Å². The molecule has 2 nitrogen and oxygen atoms in total. The van der Waals surface area contributed by atoms with Crippen LogP contribution in [0.25, 0.3) is 0 Å². The third-order valence-corrected chi connectivity index (χ3v) is 3.42. The molecule has 0 aliphatic carbocycles. The fourth-order valence-corrected chi connectivity index (χ4v) is 2.13. The van der Waals surface area contributed by atoms with E-state index < -0.39 is 0 Å². The van der Waals surface area contributed by atoms with Gasteiger partial charge in [0, 0.05) is 10.2 Å². The van der Waals surface area contributed by atoms with Crippen LogP contribution in [0.15, 0.2) is 23.1 Å². The third kappa shape index (κ3) is 3.52. The Morgan fingerprint density at radius 2 is 2.25 bits per heavy atom. The molecule has 0 amide bonds. The normalized spacial score (nSPS) is 10.2. The second-order valence-electron chi connectivity index (χ2n) is 3.28. The fourth-order valence-electron chi connectivity index (χ4n) is 1.33. The minimum Gasteiger partial charge on any atom is -0.492 e. The van der Waals surface area contributed by atoms with Crippen LogP contribution in [0.2, 0.25) is 0 Å². The molecule has 0 aromatic heterocycles. The molecule has 1 aromatic rings. The fraction of sp³-hybridized carbons (Fsp3) is 0.417. The van der Waals surface area contributed by atoms with Gasteiger partial charge in [-0.05, 0) is 31.7 Å². The molecular formula is C12H15BrO2S. The number of ether oxygens (including phenoxy) is 1. The van der Waals surface area contributed by atoms with Gasteiger partial charge >= 0.3 is 0 Å². The molecule has 4 heteroatoms.